The van der Waals surface area contributed by atoms with Crippen molar-refractivity contribution in [3.63, 3.8) is 0 Å². The molecule has 0 heterocycles. The molecule has 0 aliphatic rings. The van der Waals surface area contributed by atoms with E-state index in [0.29, 0.717) is 17.9 Å². The molecule has 38 heavy (non-hydrogen) atoms. The van der Waals surface area contributed by atoms with Crippen molar-refractivity contribution >= 4 is 37.6 Å². The Hall–Kier alpha value is -2.96. The van der Waals surface area contributed by atoms with Gasteiger partial charge in [-0.3, -0.25) is 4.79 Å². The summed E-state index contributed by atoms with van der Waals surface area (Å²) >= 11 is 6.21. The van der Waals surface area contributed by atoms with Crippen LogP contribution < -0.4 is 14.8 Å². The van der Waals surface area contributed by atoms with Gasteiger partial charge < -0.3 is 10.1 Å². The molecule has 12 heteroatoms. The van der Waals surface area contributed by atoms with Crippen molar-refractivity contribution in [3.8, 4) is 5.75 Å². The standard InChI is InChI=1S/C26H30ClN3O6S2/c1-3-36-25-14-13-23(17-24(25)27)38(34,35)30(18-21-7-5-4-6-8-21)19-26(31)28-15-16-29-37(32,33)22-11-9-20(2)10-12-22/h4-14,17,29H,3,15-16,18-19H2,1-2H3,(H,28,31). The van der Waals surface area contributed by atoms with Crippen LogP contribution in [0.3, 0.4) is 0 Å². The van der Waals surface area contributed by atoms with Crippen LogP contribution in [0.2, 0.25) is 5.02 Å². The second-order valence-electron chi connectivity index (χ2n) is 8.34. The van der Waals surface area contributed by atoms with E-state index < -0.39 is 32.5 Å². The van der Waals surface area contributed by atoms with Crippen molar-refractivity contribution in [2.24, 2.45) is 0 Å². The Bertz CT molecular complexity index is 1450. The average Bonchev–Trinajstić information content (AvgIpc) is 2.88. The SMILES string of the molecule is CCOc1ccc(S(=O)(=O)N(CC(=O)NCCNS(=O)(=O)c2ccc(C)cc2)Cc2ccccc2)cc1Cl. The number of carbonyl (C=O) groups is 1. The number of rotatable bonds is 13. The molecule has 0 aliphatic heterocycles. The molecule has 0 aromatic heterocycles. The first-order valence-corrected chi connectivity index (χ1v) is 15.1. The summed E-state index contributed by atoms with van der Waals surface area (Å²) in [4.78, 5) is 12.8. The number of hydrogen-bond acceptors (Lipinski definition) is 6. The molecule has 0 atom stereocenters. The van der Waals surface area contributed by atoms with Crippen LogP contribution in [0.25, 0.3) is 0 Å². The Labute approximate surface area is 228 Å². The van der Waals surface area contributed by atoms with Gasteiger partial charge in [-0.15, -0.1) is 0 Å². The monoisotopic (exact) mass is 579 g/mol. The van der Waals surface area contributed by atoms with Gasteiger partial charge in [0.2, 0.25) is 26.0 Å². The van der Waals surface area contributed by atoms with Crippen LogP contribution in [0.15, 0.2) is 82.6 Å². The van der Waals surface area contributed by atoms with Crippen LogP contribution in [0, 0.1) is 6.92 Å². The van der Waals surface area contributed by atoms with Gasteiger partial charge in [0, 0.05) is 19.6 Å². The minimum Gasteiger partial charge on any atom is -0.492 e. The highest BCUT2D eigenvalue weighted by Gasteiger charge is 2.28. The van der Waals surface area contributed by atoms with Crippen molar-refractivity contribution in [2.75, 3.05) is 26.2 Å². The number of nitrogens with one attached hydrogen (secondary N) is 2. The van der Waals surface area contributed by atoms with E-state index in [-0.39, 0.29) is 34.4 Å². The minimum absolute atomic E-state index is 0.0297. The maximum absolute atomic E-state index is 13.5. The number of carbonyl (C=O) groups excluding carboxylic acids is 1. The van der Waals surface area contributed by atoms with Crippen LogP contribution in [-0.2, 0) is 31.4 Å². The summed E-state index contributed by atoms with van der Waals surface area (Å²) in [7, 11) is -7.86. The van der Waals surface area contributed by atoms with E-state index in [9.17, 15) is 21.6 Å². The first kappa shape index (κ1) is 29.6. The number of amides is 1. The summed E-state index contributed by atoms with van der Waals surface area (Å²) in [5, 5.41) is 2.71. The van der Waals surface area contributed by atoms with E-state index in [1.165, 1.54) is 30.3 Å². The van der Waals surface area contributed by atoms with E-state index in [1.54, 1.807) is 49.4 Å². The van der Waals surface area contributed by atoms with Crippen LogP contribution >= 0.6 is 11.6 Å². The normalized spacial score (nSPS) is 11.9. The summed E-state index contributed by atoms with van der Waals surface area (Å²) in [6, 6.07) is 19.4. The smallest absolute Gasteiger partial charge is 0.243 e. The lowest BCUT2D eigenvalue weighted by atomic mass is 10.2. The van der Waals surface area contributed by atoms with Crippen molar-refractivity contribution in [2.45, 2.75) is 30.2 Å². The number of sulfonamides is 2. The molecule has 3 aromatic carbocycles. The number of aryl methyl sites for hydroxylation is 1. The zero-order valence-electron chi connectivity index (χ0n) is 21.1. The topological polar surface area (TPSA) is 122 Å². The fourth-order valence-corrected chi connectivity index (χ4v) is 6.22. The number of halogens is 1. The van der Waals surface area contributed by atoms with Crippen LogP contribution in [0.5, 0.6) is 5.75 Å². The van der Waals surface area contributed by atoms with Crippen molar-refractivity contribution in [1.29, 1.82) is 0 Å². The molecule has 0 unspecified atom stereocenters. The fourth-order valence-electron chi connectivity index (χ4n) is 3.48. The molecule has 3 rings (SSSR count). The third-order valence-electron chi connectivity index (χ3n) is 5.43. The van der Waals surface area contributed by atoms with Crippen molar-refractivity contribution in [3.05, 3.63) is 88.9 Å². The predicted octanol–water partition coefficient (Wildman–Crippen LogP) is 3.33. The van der Waals surface area contributed by atoms with Gasteiger partial charge in [-0.2, -0.15) is 4.31 Å². The molecule has 0 saturated carbocycles. The van der Waals surface area contributed by atoms with Gasteiger partial charge in [0.1, 0.15) is 5.75 Å². The van der Waals surface area contributed by atoms with Gasteiger partial charge in [-0.05, 0) is 49.7 Å². The summed E-state index contributed by atoms with van der Waals surface area (Å²) in [5.41, 5.74) is 1.62. The van der Waals surface area contributed by atoms with E-state index in [2.05, 4.69) is 10.0 Å². The number of ether oxygens (including phenoxy) is 1. The Balaban J connectivity index is 1.69. The molecule has 3 aromatic rings. The quantitative estimate of drug-likeness (QED) is 0.300. The number of nitrogens with zero attached hydrogens (tertiary/aromatic N) is 1. The summed E-state index contributed by atoms with van der Waals surface area (Å²) in [6.45, 7) is 3.38. The van der Waals surface area contributed by atoms with Crippen molar-refractivity contribution < 1.29 is 26.4 Å². The molecule has 9 nitrogen and oxygen atoms in total. The molecule has 0 saturated heterocycles. The maximum Gasteiger partial charge on any atom is 0.243 e. The fraction of sp³-hybridized carbons (Fsp3) is 0.269. The van der Waals surface area contributed by atoms with Crippen LogP contribution in [-0.4, -0.2) is 53.3 Å². The average molecular weight is 580 g/mol. The largest absolute Gasteiger partial charge is 0.492 e. The molecule has 0 spiro atoms. The molecule has 1 amide bonds. The zero-order valence-corrected chi connectivity index (χ0v) is 23.4. The lowest BCUT2D eigenvalue weighted by molar-refractivity contribution is -0.121. The van der Waals surface area contributed by atoms with E-state index >= 15 is 0 Å². The highest BCUT2D eigenvalue weighted by atomic mass is 35.5. The molecule has 204 valence electrons. The maximum atomic E-state index is 13.5. The Morgan fingerprint density at radius 2 is 1.58 bits per heavy atom. The highest BCUT2D eigenvalue weighted by molar-refractivity contribution is 7.89. The molecule has 2 N–H and O–H groups in total. The number of hydrogen-bond donors (Lipinski definition) is 2. The van der Waals surface area contributed by atoms with Gasteiger partial charge in [0.15, 0.2) is 0 Å². The highest BCUT2D eigenvalue weighted by Crippen LogP contribution is 2.29. The molecule has 0 aliphatic carbocycles. The van der Waals surface area contributed by atoms with E-state index in [0.717, 1.165) is 9.87 Å². The van der Waals surface area contributed by atoms with Gasteiger partial charge in [-0.25, -0.2) is 21.6 Å². The molecule has 0 fully saturated rings. The first-order chi connectivity index (χ1) is 18.0. The lowest BCUT2D eigenvalue weighted by Crippen LogP contribution is -2.42. The molecular weight excluding hydrogens is 550 g/mol. The van der Waals surface area contributed by atoms with Crippen LogP contribution in [0.1, 0.15) is 18.1 Å². The molecular formula is C26H30ClN3O6S2. The van der Waals surface area contributed by atoms with Crippen molar-refractivity contribution in [1.82, 2.24) is 14.3 Å². The predicted molar refractivity (Wildman–Crippen MR) is 146 cm³/mol. The zero-order chi connectivity index (χ0) is 27.8. The second kappa shape index (κ2) is 13.2. The first-order valence-electron chi connectivity index (χ1n) is 11.8. The van der Waals surface area contributed by atoms with Crippen LogP contribution in [0.4, 0.5) is 0 Å². The number of benzene rings is 3. The van der Waals surface area contributed by atoms with Gasteiger partial charge >= 0.3 is 0 Å². The molecule has 0 bridgehead atoms. The summed E-state index contributed by atoms with van der Waals surface area (Å²) in [5.74, 6) is -0.232. The summed E-state index contributed by atoms with van der Waals surface area (Å²) in [6.07, 6.45) is 0. The Morgan fingerprint density at radius 1 is 0.921 bits per heavy atom. The van der Waals surface area contributed by atoms with Gasteiger partial charge in [0.05, 0.1) is 28.0 Å². The van der Waals surface area contributed by atoms with E-state index in [1.807, 2.05) is 6.92 Å². The van der Waals surface area contributed by atoms with E-state index in [4.69, 9.17) is 16.3 Å². The van der Waals surface area contributed by atoms with Gasteiger partial charge in [0.25, 0.3) is 0 Å². The summed E-state index contributed by atoms with van der Waals surface area (Å²) < 4.78 is 60.7. The molecule has 0 radical (unpaired) electrons. The Kier molecular flexibility index (Phi) is 10.3. The Morgan fingerprint density at radius 3 is 2.21 bits per heavy atom. The lowest BCUT2D eigenvalue weighted by Gasteiger charge is -2.22. The second-order valence-corrected chi connectivity index (χ2v) is 12.5. The minimum atomic E-state index is -4.12. The van der Waals surface area contributed by atoms with Gasteiger partial charge in [-0.1, -0.05) is 59.6 Å². The third-order valence-corrected chi connectivity index (χ3v) is 8.99. The third kappa shape index (κ3) is 8.02.